The summed E-state index contributed by atoms with van der Waals surface area (Å²) in [6.45, 7) is 2.63. The molecule has 0 aliphatic rings. The summed E-state index contributed by atoms with van der Waals surface area (Å²) in [6.07, 6.45) is 6.25. The van der Waals surface area contributed by atoms with Gasteiger partial charge in [-0.25, -0.2) is 0 Å². The van der Waals surface area contributed by atoms with Crippen molar-refractivity contribution >= 4 is 6.02 Å². The normalized spacial score (nSPS) is 10.2. The molecule has 12 heavy (non-hydrogen) atoms. The molecule has 0 unspecified atom stereocenters. The molecule has 70 valence electrons. The Morgan fingerprint density at radius 2 is 2.08 bits per heavy atom. The maximum Gasteiger partial charge on any atom is 0.284 e. The molecule has 0 aromatic heterocycles. The molecule has 0 saturated heterocycles. The lowest BCUT2D eigenvalue weighted by molar-refractivity contribution is 0.288. The fourth-order valence-corrected chi connectivity index (χ4v) is 0.609. The summed E-state index contributed by atoms with van der Waals surface area (Å²) >= 11 is 0. The fourth-order valence-electron chi connectivity index (χ4n) is 0.609. The number of ether oxygens (including phenoxy) is 1. The number of amidine groups is 1. The van der Waals surface area contributed by atoms with Crippen molar-refractivity contribution < 1.29 is 4.74 Å². The van der Waals surface area contributed by atoms with Crippen molar-refractivity contribution in [2.24, 2.45) is 0 Å². The number of hydrogen-bond acceptors (Lipinski definition) is 2. The van der Waals surface area contributed by atoms with Gasteiger partial charge in [0.1, 0.15) is 6.61 Å². The van der Waals surface area contributed by atoms with Crippen molar-refractivity contribution in [2.45, 2.75) is 19.8 Å². The van der Waals surface area contributed by atoms with Crippen molar-refractivity contribution in [3.05, 3.63) is 12.2 Å². The van der Waals surface area contributed by atoms with E-state index in [0.717, 1.165) is 12.8 Å². The average molecular weight is 170 g/mol. The van der Waals surface area contributed by atoms with Gasteiger partial charge in [-0.2, -0.15) is 0 Å². The molecule has 0 bridgehead atoms. The number of nitrogens with zero attached hydrogens (tertiary/aromatic N) is 1. The Kier molecular flexibility index (Phi) is 6.15. The van der Waals surface area contributed by atoms with E-state index in [0.29, 0.717) is 6.61 Å². The second-order valence-electron chi connectivity index (χ2n) is 2.77. The maximum absolute atomic E-state index is 7.29. The van der Waals surface area contributed by atoms with Gasteiger partial charge in [0.05, 0.1) is 0 Å². The minimum Gasteiger partial charge on any atom is -0.461 e. The molecule has 0 spiro atoms. The highest BCUT2D eigenvalue weighted by atomic mass is 16.5. The third-order valence-corrected chi connectivity index (χ3v) is 1.34. The highest BCUT2D eigenvalue weighted by Crippen LogP contribution is 1.89. The summed E-state index contributed by atoms with van der Waals surface area (Å²) in [5.74, 6) is 0. The third kappa shape index (κ3) is 5.77. The van der Waals surface area contributed by atoms with E-state index in [9.17, 15) is 0 Å². The molecule has 3 nitrogen and oxygen atoms in total. The van der Waals surface area contributed by atoms with Crippen LogP contribution in [0.3, 0.4) is 0 Å². The maximum atomic E-state index is 7.29. The molecule has 0 heterocycles. The van der Waals surface area contributed by atoms with E-state index in [1.165, 1.54) is 0 Å². The van der Waals surface area contributed by atoms with Gasteiger partial charge in [0.15, 0.2) is 0 Å². The predicted octanol–water partition coefficient (Wildman–Crippen LogP) is 1.86. The summed E-state index contributed by atoms with van der Waals surface area (Å²) in [5, 5.41) is 7.29. The summed E-state index contributed by atoms with van der Waals surface area (Å²) in [5.41, 5.74) is 0. The van der Waals surface area contributed by atoms with Crippen LogP contribution in [0.4, 0.5) is 0 Å². The number of rotatable bonds is 4. The van der Waals surface area contributed by atoms with E-state index in [4.69, 9.17) is 10.1 Å². The van der Waals surface area contributed by atoms with Gasteiger partial charge in [-0.3, -0.25) is 5.41 Å². The lowest BCUT2D eigenvalue weighted by Gasteiger charge is -2.12. The van der Waals surface area contributed by atoms with Gasteiger partial charge >= 0.3 is 0 Å². The first-order valence-electron chi connectivity index (χ1n) is 4.22. The highest BCUT2D eigenvalue weighted by Gasteiger charge is 1.95. The zero-order valence-electron chi connectivity index (χ0n) is 8.13. The molecule has 0 aliphatic heterocycles. The highest BCUT2D eigenvalue weighted by molar-refractivity contribution is 5.69. The van der Waals surface area contributed by atoms with Crippen molar-refractivity contribution in [3.63, 3.8) is 0 Å². The molecule has 0 fully saturated rings. The van der Waals surface area contributed by atoms with E-state index in [-0.39, 0.29) is 6.02 Å². The van der Waals surface area contributed by atoms with Crippen LogP contribution in [0.15, 0.2) is 12.2 Å². The standard InChI is InChI=1S/C9H18N2O/c1-4-5-6-7-8-12-9(10)11(2)3/h6-7,10H,4-5,8H2,1-3H3/b7-6+,10-9?. The summed E-state index contributed by atoms with van der Waals surface area (Å²) in [6, 6.07) is 0.205. The monoisotopic (exact) mass is 170 g/mol. The molecule has 0 saturated carbocycles. The van der Waals surface area contributed by atoms with Crippen LogP contribution in [0.25, 0.3) is 0 Å². The minimum absolute atomic E-state index is 0.205. The van der Waals surface area contributed by atoms with Gasteiger partial charge in [-0.1, -0.05) is 25.5 Å². The molecule has 0 aromatic rings. The summed E-state index contributed by atoms with van der Waals surface area (Å²) < 4.78 is 5.07. The van der Waals surface area contributed by atoms with Crippen molar-refractivity contribution in [1.82, 2.24) is 4.90 Å². The van der Waals surface area contributed by atoms with Crippen LogP contribution in [0, 0.1) is 5.41 Å². The molecule has 0 atom stereocenters. The van der Waals surface area contributed by atoms with Crippen LogP contribution in [-0.4, -0.2) is 31.6 Å². The van der Waals surface area contributed by atoms with E-state index >= 15 is 0 Å². The predicted molar refractivity (Wildman–Crippen MR) is 51.4 cm³/mol. The first-order chi connectivity index (χ1) is 5.68. The van der Waals surface area contributed by atoms with Gasteiger partial charge in [-0.05, 0) is 6.42 Å². The number of hydrogen-bond donors (Lipinski definition) is 1. The molecule has 0 radical (unpaired) electrons. The van der Waals surface area contributed by atoms with Gasteiger partial charge in [-0.15, -0.1) is 0 Å². The van der Waals surface area contributed by atoms with Crippen molar-refractivity contribution in [2.75, 3.05) is 20.7 Å². The van der Waals surface area contributed by atoms with Crippen molar-refractivity contribution in [3.8, 4) is 0 Å². The number of unbranched alkanes of at least 4 members (excludes halogenated alkanes) is 1. The Bertz CT molecular complexity index is 153. The number of allylic oxidation sites excluding steroid dienone is 1. The topological polar surface area (TPSA) is 36.3 Å². The SMILES string of the molecule is CCC/C=C/COC(=N)N(C)C. The zero-order valence-corrected chi connectivity index (χ0v) is 8.13. The molecule has 0 rings (SSSR count). The summed E-state index contributed by atoms with van der Waals surface area (Å²) in [4.78, 5) is 1.63. The Labute approximate surface area is 74.5 Å². The van der Waals surface area contributed by atoms with Crippen LogP contribution in [-0.2, 0) is 4.74 Å². The Morgan fingerprint density at radius 1 is 1.42 bits per heavy atom. The lowest BCUT2D eigenvalue weighted by Crippen LogP contribution is -2.23. The zero-order chi connectivity index (χ0) is 9.40. The van der Waals surface area contributed by atoms with Gasteiger partial charge in [0.2, 0.25) is 0 Å². The minimum atomic E-state index is 0.205. The molecule has 1 N–H and O–H groups in total. The van der Waals surface area contributed by atoms with Crippen LogP contribution in [0.1, 0.15) is 19.8 Å². The van der Waals surface area contributed by atoms with Gasteiger partial charge in [0, 0.05) is 14.1 Å². The first kappa shape index (κ1) is 11.0. The Hall–Kier alpha value is -0.990. The van der Waals surface area contributed by atoms with Crippen LogP contribution in [0.2, 0.25) is 0 Å². The lowest BCUT2D eigenvalue weighted by atomic mass is 10.3. The molecule has 3 heteroatoms. The van der Waals surface area contributed by atoms with E-state index in [1.54, 1.807) is 19.0 Å². The molecule has 0 aliphatic carbocycles. The molecule has 0 amide bonds. The quantitative estimate of drug-likeness (QED) is 0.397. The Balaban J connectivity index is 3.37. The largest absolute Gasteiger partial charge is 0.461 e. The van der Waals surface area contributed by atoms with Crippen LogP contribution >= 0.6 is 0 Å². The smallest absolute Gasteiger partial charge is 0.284 e. The fraction of sp³-hybridized carbons (Fsp3) is 0.667. The van der Waals surface area contributed by atoms with Crippen LogP contribution in [0.5, 0.6) is 0 Å². The van der Waals surface area contributed by atoms with E-state index < -0.39 is 0 Å². The van der Waals surface area contributed by atoms with Gasteiger partial charge in [0.25, 0.3) is 6.02 Å². The second kappa shape index (κ2) is 6.70. The average Bonchev–Trinajstić information content (AvgIpc) is 2.03. The summed E-state index contributed by atoms with van der Waals surface area (Å²) in [7, 11) is 3.58. The van der Waals surface area contributed by atoms with Crippen molar-refractivity contribution in [1.29, 1.82) is 5.41 Å². The number of nitrogens with one attached hydrogen (secondary N) is 1. The molecule has 0 aromatic carbocycles. The second-order valence-corrected chi connectivity index (χ2v) is 2.77. The Morgan fingerprint density at radius 3 is 2.58 bits per heavy atom. The molecular formula is C9H18N2O. The van der Waals surface area contributed by atoms with Crippen LogP contribution < -0.4 is 0 Å². The molecular weight excluding hydrogens is 152 g/mol. The third-order valence-electron chi connectivity index (χ3n) is 1.34. The van der Waals surface area contributed by atoms with E-state index in [1.807, 2.05) is 6.08 Å². The first-order valence-corrected chi connectivity index (χ1v) is 4.22. The van der Waals surface area contributed by atoms with E-state index in [2.05, 4.69) is 13.0 Å². The van der Waals surface area contributed by atoms with Gasteiger partial charge < -0.3 is 9.64 Å².